The monoisotopic (exact) mass is 375 g/mol. The molecule has 144 valence electrons. The number of nitrogens with one attached hydrogen (secondary N) is 1. The van der Waals surface area contributed by atoms with Crippen LogP contribution in [-0.4, -0.2) is 18.4 Å². The molecule has 1 aliphatic heterocycles. The number of rotatable bonds is 3. The highest BCUT2D eigenvalue weighted by Gasteiger charge is 2.43. The number of carbonyl (C=O) groups excluding carboxylic acids is 2. The third-order valence-corrected chi connectivity index (χ3v) is 5.01. The number of hydrogen-bond acceptors (Lipinski definition) is 4. The summed E-state index contributed by atoms with van der Waals surface area (Å²) in [6.45, 7) is 7.60. The van der Waals surface area contributed by atoms with Crippen LogP contribution in [-0.2, 0) is 14.3 Å². The van der Waals surface area contributed by atoms with E-state index in [-0.39, 0.29) is 23.4 Å². The van der Waals surface area contributed by atoms with Crippen molar-refractivity contribution in [3.8, 4) is 0 Å². The van der Waals surface area contributed by atoms with E-state index in [1.165, 1.54) is 6.07 Å². The number of dihydropyridines is 1. The molecule has 0 saturated carbocycles. The van der Waals surface area contributed by atoms with Gasteiger partial charge in [-0.2, -0.15) is 0 Å². The summed E-state index contributed by atoms with van der Waals surface area (Å²) in [4.78, 5) is 25.6. The third kappa shape index (κ3) is 3.53. The highest BCUT2D eigenvalue weighted by atomic mass is 19.2. The van der Waals surface area contributed by atoms with Crippen molar-refractivity contribution < 1.29 is 23.1 Å². The standard InChI is InChI=1S/C21H23F2NO3/c1-5-27-20(26)17-11(2)24-15-9-21(3,4)10-16(25)19(15)18(17)12-6-7-13(22)14(23)8-12/h6-8,18,24H,5,9-10H2,1-4H3/t18-/m1/s1. The van der Waals surface area contributed by atoms with Crippen LogP contribution in [0.1, 0.15) is 52.0 Å². The molecule has 0 bridgehead atoms. The number of allylic oxidation sites excluding steroid dienone is 3. The zero-order chi connectivity index (χ0) is 19.9. The lowest BCUT2D eigenvalue weighted by molar-refractivity contribution is -0.138. The van der Waals surface area contributed by atoms with Gasteiger partial charge in [-0.1, -0.05) is 19.9 Å². The molecule has 0 aromatic heterocycles. The lowest BCUT2D eigenvalue weighted by Crippen LogP contribution is -2.38. The van der Waals surface area contributed by atoms with Crippen molar-refractivity contribution in [2.75, 3.05) is 6.61 Å². The fraction of sp³-hybridized carbons (Fsp3) is 0.429. The van der Waals surface area contributed by atoms with Crippen LogP contribution in [0.15, 0.2) is 40.7 Å². The normalized spacial score (nSPS) is 21.7. The summed E-state index contributed by atoms with van der Waals surface area (Å²) < 4.78 is 32.6. The van der Waals surface area contributed by atoms with Gasteiger partial charge in [-0.15, -0.1) is 0 Å². The van der Waals surface area contributed by atoms with E-state index in [9.17, 15) is 18.4 Å². The Morgan fingerprint density at radius 2 is 1.96 bits per heavy atom. The van der Waals surface area contributed by atoms with E-state index in [0.717, 1.165) is 17.8 Å². The van der Waals surface area contributed by atoms with E-state index in [0.29, 0.717) is 29.7 Å². The second-order valence-corrected chi connectivity index (χ2v) is 7.82. The number of carbonyl (C=O) groups is 2. The molecular formula is C21H23F2NO3. The van der Waals surface area contributed by atoms with E-state index in [1.807, 2.05) is 13.8 Å². The number of ether oxygens (including phenoxy) is 1. The van der Waals surface area contributed by atoms with Gasteiger partial charge in [0.25, 0.3) is 0 Å². The zero-order valence-electron chi connectivity index (χ0n) is 15.9. The molecule has 1 aromatic rings. The van der Waals surface area contributed by atoms with Crippen molar-refractivity contribution in [1.29, 1.82) is 0 Å². The molecule has 0 spiro atoms. The van der Waals surface area contributed by atoms with Crippen LogP contribution < -0.4 is 5.32 Å². The van der Waals surface area contributed by atoms with Gasteiger partial charge in [0.05, 0.1) is 12.2 Å². The van der Waals surface area contributed by atoms with Crippen molar-refractivity contribution in [3.63, 3.8) is 0 Å². The number of halogens is 2. The molecule has 0 fully saturated rings. The summed E-state index contributed by atoms with van der Waals surface area (Å²) in [5.74, 6) is -3.44. The van der Waals surface area contributed by atoms with E-state index in [2.05, 4.69) is 5.32 Å². The predicted molar refractivity (Wildman–Crippen MR) is 96.6 cm³/mol. The fourth-order valence-electron chi connectivity index (χ4n) is 3.94. The maximum Gasteiger partial charge on any atom is 0.336 e. The lowest BCUT2D eigenvalue weighted by atomic mass is 9.68. The van der Waals surface area contributed by atoms with Crippen LogP contribution in [0.3, 0.4) is 0 Å². The Morgan fingerprint density at radius 3 is 2.59 bits per heavy atom. The maximum atomic E-state index is 13.9. The second-order valence-electron chi connectivity index (χ2n) is 7.82. The Kier molecular flexibility index (Phi) is 4.93. The van der Waals surface area contributed by atoms with Gasteiger partial charge >= 0.3 is 5.97 Å². The Labute approximate surface area is 157 Å². The van der Waals surface area contributed by atoms with Crippen molar-refractivity contribution in [2.24, 2.45) is 5.41 Å². The molecule has 6 heteroatoms. The molecule has 0 radical (unpaired) electrons. The number of hydrogen-bond donors (Lipinski definition) is 1. The first-order valence-corrected chi connectivity index (χ1v) is 9.00. The van der Waals surface area contributed by atoms with E-state index in [4.69, 9.17) is 4.74 Å². The number of Topliss-reactive ketones (excluding diaryl/α,β-unsaturated/α-hetero) is 1. The van der Waals surface area contributed by atoms with Gasteiger partial charge in [0.1, 0.15) is 0 Å². The summed E-state index contributed by atoms with van der Waals surface area (Å²) in [5, 5.41) is 3.19. The molecule has 1 atom stereocenters. The molecule has 0 unspecified atom stereocenters. The average Bonchev–Trinajstić information content (AvgIpc) is 2.55. The summed E-state index contributed by atoms with van der Waals surface area (Å²) in [6, 6.07) is 3.48. The minimum Gasteiger partial charge on any atom is -0.463 e. The molecule has 0 amide bonds. The number of benzene rings is 1. The first-order valence-electron chi connectivity index (χ1n) is 9.00. The van der Waals surface area contributed by atoms with Crippen molar-refractivity contribution in [2.45, 2.75) is 46.5 Å². The minimum absolute atomic E-state index is 0.0993. The average molecular weight is 375 g/mol. The Bertz CT molecular complexity index is 883. The molecule has 2 aliphatic rings. The molecule has 1 heterocycles. The van der Waals surface area contributed by atoms with Crippen LogP contribution in [0.25, 0.3) is 0 Å². The van der Waals surface area contributed by atoms with Crippen LogP contribution in [0.2, 0.25) is 0 Å². The molecule has 3 rings (SSSR count). The predicted octanol–water partition coefficient (Wildman–Crippen LogP) is 4.13. The van der Waals surface area contributed by atoms with Gasteiger partial charge in [0, 0.05) is 29.3 Å². The summed E-state index contributed by atoms with van der Waals surface area (Å²) in [7, 11) is 0. The molecule has 4 nitrogen and oxygen atoms in total. The first kappa shape index (κ1) is 19.3. The smallest absolute Gasteiger partial charge is 0.336 e. The SMILES string of the molecule is CCOC(=O)C1=C(C)NC2=C(C(=O)CC(C)(C)C2)[C@@H]1c1ccc(F)c(F)c1. The third-order valence-electron chi connectivity index (χ3n) is 5.01. The molecule has 1 N–H and O–H groups in total. The van der Waals surface area contributed by atoms with E-state index < -0.39 is 23.5 Å². The van der Waals surface area contributed by atoms with E-state index >= 15 is 0 Å². The van der Waals surface area contributed by atoms with Gasteiger partial charge in [-0.25, -0.2) is 13.6 Å². The lowest BCUT2D eigenvalue weighted by Gasteiger charge is -2.39. The van der Waals surface area contributed by atoms with Crippen LogP contribution in [0, 0.1) is 17.0 Å². The molecule has 1 aromatic carbocycles. The highest BCUT2D eigenvalue weighted by molar-refractivity contribution is 6.04. The van der Waals surface area contributed by atoms with Gasteiger partial charge in [0.15, 0.2) is 17.4 Å². The van der Waals surface area contributed by atoms with Gasteiger partial charge in [-0.05, 0) is 43.4 Å². The Balaban J connectivity index is 2.20. The Morgan fingerprint density at radius 1 is 1.26 bits per heavy atom. The molecule has 0 saturated heterocycles. The largest absolute Gasteiger partial charge is 0.463 e. The van der Waals surface area contributed by atoms with Gasteiger partial charge < -0.3 is 10.1 Å². The number of esters is 1. The summed E-state index contributed by atoms with van der Waals surface area (Å²) in [6.07, 6.45) is 0.949. The summed E-state index contributed by atoms with van der Waals surface area (Å²) in [5.41, 5.74) is 2.13. The van der Waals surface area contributed by atoms with E-state index in [1.54, 1.807) is 13.8 Å². The molecule has 1 aliphatic carbocycles. The second kappa shape index (κ2) is 6.91. The first-order chi connectivity index (χ1) is 12.6. The summed E-state index contributed by atoms with van der Waals surface area (Å²) >= 11 is 0. The van der Waals surface area contributed by atoms with Crippen LogP contribution in [0.5, 0.6) is 0 Å². The topological polar surface area (TPSA) is 55.4 Å². The highest BCUT2D eigenvalue weighted by Crippen LogP contribution is 2.46. The van der Waals surface area contributed by atoms with Crippen molar-refractivity contribution in [1.82, 2.24) is 5.32 Å². The number of ketones is 1. The molecule has 27 heavy (non-hydrogen) atoms. The van der Waals surface area contributed by atoms with Gasteiger partial charge in [-0.3, -0.25) is 4.79 Å². The van der Waals surface area contributed by atoms with Crippen LogP contribution >= 0.6 is 0 Å². The van der Waals surface area contributed by atoms with Crippen LogP contribution in [0.4, 0.5) is 8.78 Å². The fourth-order valence-corrected chi connectivity index (χ4v) is 3.94. The Hall–Kier alpha value is -2.50. The van der Waals surface area contributed by atoms with Gasteiger partial charge in [0.2, 0.25) is 0 Å². The quantitative estimate of drug-likeness (QED) is 0.807. The maximum absolute atomic E-state index is 13.9. The molecular weight excluding hydrogens is 352 g/mol. The van der Waals surface area contributed by atoms with Crippen molar-refractivity contribution >= 4 is 11.8 Å². The minimum atomic E-state index is -1.02. The van der Waals surface area contributed by atoms with Crippen molar-refractivity contribution in [3.05, 3.63) is 57.9 Å². The zero-order valence-corrected chi connectivity index (χ0v) is 15.9.